The molecule has 11 heterocycles. The maximum Gasteiger partial charge on any atom is 0.115 e. The molecule has 10 aromatic heterocycles. The zero-order chi connectivity index (χ0) is 90.0. The van der Waals surface area contributed by atoms with E-state index in [4.69, 9.17) is 0 Å². The average molecular weight is 1660 g/mol. The quantitative estimate of drug-likeness (QED) is 0.147. The Bertz CT molecular complexity index is 4420. The van der Waals surface area contributed by atoms with Gasteiger partial charge in [-0.1, -0.05) is 286 Å². The lowest BCUT2D eigenvalue weighted by Crippen LogP contribution is -2.12. The van der Waals surface area contributed by atoms with Gasteiger partial charge in [0.25, 0.3) is 0 Å². The van der Waals surface area contributed by atoms with E-state index in [1.165, 1.54) is 60.8 Å². The van der Waals surface area contributed by atoms with Crippen molar-refractivity contribution in [1.29, 1.82) is 0 Å². The SMILES string of the molecule is CC(C)(C)c1ccccc1.CC(C)(C)c1ccccn1.CC(C)(C)c1cccs1.CC(C)(C)c1ccsc1.CC(C)C1=CCC=C1.CC(C)c1ccncc1.CC(C)c1cnc2ccccc2c1.CC(C)c1cnccn1.CC(C)c1cncnc1.CC(C)c1ncc[nH]1.CC(C)c1nccn1C.CCC1=NCC=C1.Cc1cc(C(C)C)nn1C. The highest BCUT2D eigenvalue weighted by Gasteiger charge is 2.16. The zero-order valence-electron chi connectivity index (χ0n) is 79.5. The third kappa shape index (κ3) is 45.6. The Kier molecular flexibility index (Phi) is 50.2. The summed E-state index contributed by atoms with van der Waals surface area (Å²) in [6.45, 7) is 66.1. The Morgan fingerprint density at radius 1 is 0.458 bits per heavy atom. The summed E-state index contributed by atoms with van der Waals surface area (Å²) in [6.07, 6.45) is 38.4. The van der Waals surface area contributed by atoms with Gasteiger partial charge in [0.2, 0.25) is 0 Å². The lowest BCUT2D eigenvalue weighted by molar-refractivity contribution is 0.569. The van der Waals surface area contributed by atoms with E-state index >= 15 is 0 Å². The number of hydrogen-bond acceptors (Lipinski definition) is 13. The molecule has 0 fully saturated rings. The highest BCUT2D eigenvalue weighted by Crippen LogP contribution is 2.28. The minimum atomic E-state index is 0.182. The molecule has 650 valence electrons. The molecule has 0 radical (unpaired) electrons. The van der Waals surface area contributed by atoms with Gasteiger partial charge >= 0.3 is 0 Å². The summed E-state index contributed by atoms with van der Waals surface area (Å²) in [6, 6.07) is 39.7. The first-order valence-electron chi connectivity index (χ1n) is 42.8. The van der Waals surface area contributed by atoms with Crippen LogP contribution in [-0.2, 0) is 35.8 Å². The van der Waals surface area contributed by atoms with Crippen LogP contribution < -0.4 is 0 Å². The van der Waals surface area contributed by atoms with Gasteiger partial charge in [0.1, 0.15) is 18.0 Å². The molecular formula is C104H152N14S2. The zero-order valence-corrected chi connectivity index (χ0v) is 81.2. The number of aryl methyl sites for hydroxylation is 3. The third-order valence-electron chi connectivity index (χ3n) is 18.5. The summed E-state index contributed by atoms with van der Waals surface area (Å²) in [7, 11) is 3.99. The number of aromatic nitrogens is 13. The fourth-order valence-corrected chi connectivity index (χ4v) is 12.2. The minimum absolute atomic E-state index is 0.182. The van der Waals surface area contributed by atoms with Gasteiger partial charge in [0.05, 0.1) is 23.4 Å². The highest BCUT2D eigenvalue weighted by atomic mass is 32.1. The normalized spacial score (nSPS) is 11.8. The molecule has 0 saturated carbocycles. The number of fused-ring (bicyclic) bond motifs is 1. The summed E-state index contributed by atoms with van der Waals surface area (Å²) in [4.78, 5) is 45.3. The third-order valence-corrected chi connectivity index (χ3v) is 20.5. The van der Waals surface area contributed by atoms with E-state index in [-0.39, 0.29) is 5.41 Å². The maximum absolute atomic E-state index is 4.40. The first kappa shape index (κ1) is 106. The summed E-state index contributed by atoms with van der Waals surface area (Å²) in [5.41, 5.74) is 16.2. The number of nitrogens with one attached hydrogen (secondary N) is 1. The molecular weight excluding hydrogens is 1510 g/mol. The van der Waals surface area contributed by atoms with Gasteiger partial charge in [-0.3, -0.25) is 34.6 Å². The fraction of sp³-hybridized carbons (Fsp3) is 0.452. The number of nitrogens with zero attached hydrogens (tertiary/aromatic N) is 13. The number of allylic oxidation sites excluding steroid dienone is 5. The Labute approximate surface area is 735 Å². The van der Waals surface area contributed by atoms with Crippen LogP contribution in [0.15, 0.2) is 259 Å². The molecule has 0 unspecified atom stereocenters. The van der Waals surface area contributed by atoms with Crippen molar-refractivity contribution in [2.75, 3.05) is 6.54 Å². The van der Waals surface area contributed by atoms with E-state index < -0.39 is 0 Å². The Balaban J connectivity index is 0.000000442. The van der Waals surface area contributed by atoms with Crippen LogP contribution >= 0.6 is 22.7 Å². The number of aromatic amines is 1. The molecule has 1 N–H and O–H groups in total. The Morgan fingerprint density at radius 2 is 1.08 bits per heavy atom. The van der Waals surface area contributed by atoms with Crippen LogP contribution in [0.5, 0.6) is 0 Å². The van der Waals surface area contributed by atoms with E-state index in [0.717, 1.165) is 47.9 Å². The molecule has 1 aliphatic heterocycles. The number of rotatable bonds is 9. The summed E-state index contributed by atoms with van der Waals surface area (Å²) >= 11 is 3.60. The molecule has 2 aliphatic rings. The lowest BCUT2D eigenvalue weighted by Gasteiger charge is -2.18. The van der Waals surface area contributed by atoms with Crippen molar-refractivity contribution in [3.8, 4) is 0 Å². The van der Waals surface area contributed by atoms with Crippen LogP contribution in [0.3, 0.4) is 0 Å². The molecule has 16 heteroatoms. The molecule has 0 atom stereocenters. The van der Waals surface area contributed by atoms with Crippen molar-refractivity contribution >= 4 is 39.3 Å². The molecule has 0 spiro atoms. The van der Waals surface area contributed by atoms with Crippen molar-refractivity contribution in [2.45, 2.75) is 284 Å². The number of imidazole rings is 2. The number of H-pyrrole nitrogens is 1. The molecule has 1 aliphatic carbocycles. The van der Waals surface area contributed by atoms with Crippen LogP contribution in [0.2, 0.25) is 0 Å². The molecule has 14 nitrogen and oxygen atoms in total. The number of benzene rings is 2. The molecule has 12 aromatic rings. The van der Waals surface area contributed by atoms with Gasteiger partial charge in [-0.05, 0) is 182 Å². The molecule has 0 bridgehead atoms. The van der Waals surface area contributed by atoms with Gasteiger partial charge in [-0.15, -0.1) is 11.3 Å². The smallest absolute Gasteiger partial charge is 0.115 e. The number of pyridine rings is 3. The van der Waals surface area contributed by atoms with Crippen LogP contribution in [0, 0.1) is 12.8 Å². The second-order valence-corrected chi connectivity index (χ2v) is 37.7. The van der Waals surface area contributed by atoms with E-state index in [0.29, 0.717) is 63.6 Å². The van der Waals surface area contributed by atoms with Gasteiger partial charge in [-0.25, -0.2) is 19.9 Å². The Morgan fingerprint density at radius 3 is 1.41 bits per heavy atom. The van der Waals surface area contributed by atoms with Gasteiger partial charge < -0.3 is 9.55 Å². The average Bonchev–Trinajstić information content (AvgIpc) is 1.50. The first-order valence-corrected chi connectivity index (χ1v) is 44.6. The Hall–Kier alpha value is -9.77. The van der Waals surface area contributed by atoms with Crippen molar-refractivity contribution in [2.24, 2.45) is 25.0 Å². The number of thiophene rings is 2. The molecule has 14 rings (SSSR count). The van der Waals surface area contributed by atoms with Crippen LogP contribution in [0.1, 0.15) is 322 Å². The number of aliphatic imine (C=N–C) groups is 1. The molecule has 0 saturated heterocycles. The standard InChI is InChI=1S/C12H13N.C10H14.C9H13N.C8H14N2.C8H11N.2C8H12S.C8H12.C7H10N2.C7H12N2.C7H10N2.C6H10N2.C6H9N/c1-9(2)11-7-10-5-3-4-6-12(10)13-8-11;1-10(2,3)9-7-5-4-6-8-9;1-9(2,3)8-6-4-5-7-10-8;1-6(2)8-5-7(3)10(4)9-8;1-7(2)8-3-5-9-6-4-8;1-8(2,3)7-4-5-9-6-7;1-8(2,3)7-5-4-6-9-7;1-7(2)8-5-3-4-6-8;1-6(2)7-3-8-5-9-4-7;1-6(2)7-8-4-5-9(7)3;1-6(2)7-5-8-3-4-9-7;1-5(2)6-7-3-4-8-6;1-2-6-4-3-5-7-6/h3-9H,1-2H3;4-8H,1-3H3;4-7H,1-3H3;5-6H,1-4H3;3-7H,1-2H3;2*4-6H,1-3H3;3,5-7H,4H2,1-2H3;3-6H,1-2H3;4-6H,1-3H3;3-6H,1-2H3;3-5H,1-2H3,(H,7,8);3-4H,2,5H2,1H3. The number of para-hydroxylation sites is 1. The van der Waals surface area contributed by atoms with Gasteiger partial charge in [0.15, 0.2) is 0 Å². The second-order valence-electron chi connectivity index (χ2n) is 36.0. The van der Waals surface area contributed by atoms with Gasteiger partial charge in [-0.2, -0.15) is 16.4 Å². The van der Waals surface area contributed by atoms with Crippen LogP contribution in [0.4, 0.5) is 0 Å². The van der Waals surface area contributed by atoms with Crippen LogP contribution in [-0.4, -0.2) is 76.4 Å². The fourth-order valence-electron chi connectivity index (χ4n) is 10.5. The summed E-state index contributed by atoms with van der Waals surface area (Å²) < 4.78 is 3.96. The predicted molar refractivity (Wildman–Crippen MR) is 521 cm³/mol. The van der Waals surface area contributed by atoms with E-state index in [1.807, 2.05) is 133 Å². The molecule has 2 aromatic carbocycles. The van der Waals surface area contributed by atoms with Crippen molar-refractivity contribution in [3.05, 3.63) is 321 Å². The van der Waals surface area contributed by atoms with Gasteiger partial charge in [0, 0.05) is 139 Å². The van der Waals surface area contributed by atoms with Crippen LogP contribution in [0.25, 0.3) is 10.9 Å². The minimum Gasteiger partial charge on any atom is -0.348 e. The second kappa shape index (κ2) is 56.7. The highest BCUT2D eigenvalue weighted by molar-refractivity contribution is 7.10. The number of hydrogen-bond donors (Lipinski definition) is 1. The van der Waals surface area contributed by atoms with E-state index in [2.05, 4.69) is 387 Å². The molecule has 0 amide bonds. The van der Waals surface area contributed by atoms with Crippen molar-refractivity contribution in [1.82, 2.24) is 64.2 Å². The predicted octanol–water partition coefficient (Wildman–Crippen LogP) is 29.1. The molecule has 120 heavy (non-hydrogen) atoms. The summed E-state index contributed by atoms with van der Waals surface area (Å²) in [5.74, 6) is 6.71. The summed E-state index contributed by atoms with van der Waals surface area (Å²) in [5, 5.41) is 12.0. The van der Waals surface area contributed by atoms with E-state index in [9.17, 15) is 0 Å². The van der Waals surface area contributed by atoms with Crippen molar-refractivity contribution in [3.63, 3.8) is 0 Å². The van der Waals surface area contributed by atoms with E-state index in [1.54, 1.807) is 42.5 Å². The first-order chi connectivity index (χ1) is 56.5. The maximum atomic E-state index is 4.40. The topological polar surface area (TPSA) is 167 Å². The van der Waals surface area contributed by atoms with Crippen molar-refractivity contribution < 1.29 is 0 Å². The largest absolute Gasteiger partial charge is 0.348 e. The monoisotopic (exact) mass is 1660 g/mol. The lowest BCUT2D eigenvalue weighted by atomic mass is 9.87.